The second-order valence-electron chi connectivity index (χ2n) is 6.22. The van der Waals surface area contributed by atoms with Crippen molar-refractivity contribution < 1.29 is 9.90 Å². The van der Waals surface area contributed by atoms with Gasteiger partial charge in [0.25, 0.3) is 5.91 Å². The van der Waals surface area contributed by atoms with Gasteiger partial charge in [0.05, 0.1) is 16.0 Å². The first-order valence-corrected chi connectivity index (χ1v) is 8.89. The summed E-state index contributed by atoms with van der Waals surface area (Å²) in [6.45, 7) is 5.56. The van der Waals surface area contributed by atoms with Crippen LogP contribution in [-0.2, 0) is 4.79 Å². The van der Waals surface area contributed by atoms with Crippen LogP contribution in [0.25, 0.3) is 17.0 Å². The van der Waals surface area contributed by atoms with E-state index in [9.17, 15) is 4.79 Å². The molecule has 0 atom stereocenters. The lowest BCUT2D eigenvalue weighted by atomic mass is 10.1. The number of aliphatic hydroxyl groups is 1. The fourth-order valence-corrected chi connectivity index (χ4v) is 2.65. The Hall–Kier alpha value is -2.18. The zero-order valence-corrected chi connectivity index (χ0v) is 15.7. The Bertz CT molecular complexity index is 823. The van der Waals surface area contributed by atoms with E-state index in [0.29, 0.717) is 10.1 Å². The zero-order chi connectivity index (χ0) is 18.4. The summed E-state index contributed by atoms with van der Waals surface area (Å²) in [5, 5.41) is 13.2. The van der Waals surface area contributed by atoms with Crippen molar-refractivity contribution in [2.45, 2.75) is 32.8 Å². The second-order valence-corrected chi connectivity index (χ2v) is 7.25. The van der Waals surface area contributed by atoms with Gasteiger partial charge >= 0.3 is 0 Å². The van der Waals surface area contributed by atoms with Gasteiger partial charge in [0.15, 0.2) is 5.17 Å². The number of carbonyl (C=O) groups excluding carboxylic acids is 1. The molecule has 5 nitrogen and oxygen atoms in total. The number of amidine groups is 1. The van der Waals surface area contributed by atoms with Gasteiger partial charge in [-0.25, -0.2) is 0 Å². The van der Waals surface area contributed by atoms with Crippen LogP contribution < -0.4 is 5.32 Å². The third kappa shape index (κ3) is 5.69. The summed E-state index contributed by atoms with van der Waals surface area (Å²) in [5.41, 5.74) is 1.47. The summed E-state index contributed by atoms with van der Waals surface area (Å²) >= 11 is 1.35. The molecule has 1 saturated heterocycles. The summed E-state index contributed by atoms with van der Waals surface area (Å²) in [5.74, 6) is -0.100. The maximum atomic E-state index is 11.7. The van der Waals surface area contributed by atoms with Crippen LogP contribution in [0.2, 0.25) is 0 Å². The molecule has 1 aromatic carbocycles. The lowest BCUT2D eigenvalue weighted by Gasteiger charge is -2.11. The summed E-state index contributed by atoms with van der Waals surface area (Å²) in [6, 6.07) is 9.83. The molecule has 0 unspecified atom stereocenters. The smallest absolute Gasteiger partial charge is 0.264 e. The van der Waals surface area contributed by atoms with Gasteiger partial charge in [0.2, 0.25) is 0 Å². The zero-order valence-electron chi connectivity index (χ0n) is 14.9. The Morgan fingerprint density at radius 3 is 2.68 bits per heavy atom. The number of hydrogen-bond donors (Lipinski definition) is 2. The van der Waals surface area contributed by atoms with Crippen molar-refractivity contribution in [2.24, 2.45) is 4.99 Å². The van der Waals surface area contributed by atoms with Crippen LogP contribution in [0.15, 0.2) is 46.4 Å². The molecule has 0 spiro atoms. The van der Waals surface area contributed by atoms with Gasteiger partial charge in [0, 0.05) is 18.6 Å². The Morgan fingerprint density at radius 1 is 1.36 bits per heavy atom. The highest BCUT2D eigenvalue weighted by Gasteiger charge is 2.22. The minimum atomic E-state index is -0.458. The van der Waals surface area contributed by atoms with E-state index in [1.165, 1.54) is 11.8 Å². The quantitative estimate of drug-likeness (QED) is 0.806. The van der Waals surface area contributed by atoms with Gasteiger partial charge in [-0.3, -0.25) is 14.8 Å². The summed E-state index contributed by atoms with van der Waals surface area (Å²) in [7, 11) is 1.66. The predicted molar refractivity (Wildman–Crippen MR) is 105 cm³/mol. The number of rotatable bonds is 2. The van der Waals surface area contributed by atoms with E-state index >= 15 is 0 Å². The number of benzene rings is 1. The minimum Gasteiger partial charge on any atom is -0.390 e. The molecule has 0 bridgehead atoms. The maximum absolute atomic E-state index is 11.7. The van der Waals surface area contributed by atoms with E-state index in [-0.39, 0.29) is 5.91 Å². The molecule has 2 aromatic rings. The third-order valence-corrected chi connectivity index (χ3v) is 4.65. The molecule has 1 aromatic heterocycles. The molecule has 2 heterocycles. The molecule has 25 heavy (non-hydrogen) atoms. The van der Waals surface area contributed by atoms with Crippen LogP contribution in [0, 0.1) is 0 Å². The topological polar surface area (TPSA) is 74.6 Å². The van der Waals surface area contributed by atoms with Crippen molar-refractivity contribution in [1.29, 1.82) is 0 Å². The Kier molecular flexibility index (Phi) is 6.33. The lowest BCUT2D eigenvalue weighted by Crippen LogP contribution is -2.19. The van der Waals surface area contributed by atoms with Crippen LogP contribution in [0.4, 0.5) is 0 Å². The molecule has 1 aliphatic heterocycles. The highest BCUT2D eigenvalue weighted by molar-refractivity contribution is 8.18. The molecule has 1 amide bonds. The largest absolute Gasteiger partial charge is 0.390 e. The summed E-state index contributed by atoms with van der Waals surface area (Å²) < 4.78 is 0. The van der Waals surface area contributed by atoms with Gasteiger partial charge < -0.3 is 10.4 Å². The number of aromatic nitrogens is 1. The number of fused-ring (bicyclic) bond motifs is 1. The normalized spacial score (nSPS) is 17.6. The number of thioether (sulfide) groups is 1. The number of carbonyl (C=O) groups is 1. The van der Waals surface area contributed by atoms with Crippen molar-refractivity contribution >= 4 is 39.8 Å². The predicted octanol–water partition coefficient (Wildman–Crippen LogP) is 3.59. The number of pyridine rings is 1. The fraction of sp³-hybridized carbons (Fsp3) is 0.316. The standard InChI is InChI=1S/C14H11N3OS.C5H12O/c1-15-14-17-13(18)12(19-14)8-9-4-5-11-10(7-9)3-2-6-16-11;1-4-5(2,3)6/h2-8H,1H3,(H,15,17,18);6H,4H2,1-3H3/b12-8-;. The molecule has 0 radical (unpaired) electrons. The molecule has 0 saturated carbocycles. The molecule has 3 rings (SSSR count). The average molecular weight is 357 g/mol. The minimum absolute atomic E-state index is 0.100. The van der Waals surface area contributed by atoms with Crippen molar-refractivity contribution in [3.63, 3.8) is 0 Å². The first-order chi connectivity index (χ1) is 11.8. The Morgan fingerprint density at radius 2 is 2.08 bits per heavy atom. The second kappa shape index (κ2) is 8.27. The lowest BCUT2D eigenvalue weighted by molar-refractivity contribution is -0.115. The summed E-state index contributed by atoms with van der Waals surface area (Å²) in [4.78, 5) is 20.6. The Labute approximate surface area is 152 Å². The molecule has 0 aliphatic carbocycles. The number of nitrogens with zero attached hydrogens (tertiary/aromatic N) is 2. The van der Waals surface area contributed by atoms with E-state index < -0.39 is 5.60 Å². The summed E-state index contributed by atoms with van der Waals surface area (Å²) in [6.07, 6.45) is 4.46. The van der Waals surface area contributed by atoms with Crippen molar-refractivity contribution in [3.05, 3.63) is 47.0 Å². The van der Waals surface area contributed by atoms with E-state index in [1.807, 2.05) is 43.3 Å². The Balaban J connectivity index is 0.000000326. The van der Waals surface area contributed by atoms with Crippen LogP contribution in [-0.4, -0.2) is 33.8 Å². The monoisotopic (exact) mass is 357 g/mol. The van der Waals surface area contributed by atoms with E-state index in [1.54, 1.807) is 27.1 Å². The van der Waals surface area contributed by atoms with E-state index in [2.05, 4.69) is 15.3 Å². The maximum Gasteiger partial charge on any atom is 0.264 e. The van der Waals surface area contributed by atoms with Crippen LogP contribution >= 0.6 is 11.8 Å². The highest BCUT2D eigenvalue weighted by atomic mass is 32.2. The molecule has 2 N–H and O–H groups in total. The number of amides is 1. The molecule has 1 aliphatic rings. The van der Waals surface area contributed by atoms with Crippen molar-refractivity contribution in [2.75, 3.05) is 7.05 Å². The van der Waals surface area contributed by atoms with Crippen molar-refractivity contribution in [3.8, 4) is 0 Å². The molecule has 6 heteroatoms. The van der Waals surface area contributed by atoms with Crippen LogP contribution in [0.5, 0.6) is 0 Å². The van der Waals surface area contributed by atoms with Gasteiger partial charge in [-0.2, -0.15) is 0 Å². The van der Waals surface area contributed by atoms with E-state index in [0.717, 1.165) is 22.9 Å². The first-order valence-electron chi connectivity index (χ1n) is 8.07. The van der Waals surface area contributed by atoms with Gasteiger partial charge in [-0.15, -0.1) is 0 Å². The average Bonchev–Trinajstić information content (AvgIpc) is 2.95. The van der Waals surface area contributed by atoms with Crippen LogP contribution in [0.1, 0.15) is 32.8 Å². The molecule has 132 valence electrons. The van der Waals surface area contributed by atoms with Gasteiger partial charge in [-0.05, 0) is 61.9 Å². The number of hydrogen-bond acceptors (Lipinski definition) is 5. The third-order valence-electron chi connectivity index (χ3n) is 3.64. The fourth-order valence-electron chi connectivity index (χ4n) is 1.87. The molecular weight excluding hydrogens is 334 g/mol. The van der Waals surface area contributed by atoms with Gasteiger partial charge in [-0.1, -0.05) is 19.1 Å². The molecule has 1 fully saturated rings. The van der Waals surface area contributed by atoms with Crippen LogP contribution in [0.3, 0.4) is 0 Å². The van der Waals surface area contributed by atoms with Crippen molar-refractivity contribution in [1.82, 2.24) is 10.3 Å². The SMILES string of the molecule is CCC(C)(C)O.CN=C1NC(=O)/C(=C/c2ccc3ncccc3c2)S1. The highest BCUT2D eigenvalue weighted by Crippen LogP contribution is 2.26. The molecular formula is C19H23N3O2S. The number of aliphatic imine (C=N–C) groups is 1. The van der Waals surface area contributed by atoms with Gasteiger partial charge in [0.1, 0.15) is 0 Å². The number of nitrogens with one attached hydrogen (secondary N) is 1. The van der Waals surface area contributed by atoms with E-state index in [4.69, 9.17) is 5.11 Å². The first kappa shape index (κ1) is 19.1.